The zero-order chi connectivity index (χ0) is 13.9. The highest BCUT2D eigenvalue weighted by Gasteiger charge is 2.17. The Kier molecular flexibility index (Phi) is 3.69. The molecule has 0 bridgehead atoms. The fourth-order valence-corrected chi connectivity index (χ4v) is 2.70. The average molecular weight is 273 g/mol. The Labute approximate surface area is 117 Å². The van der Waals surface area contributed by atoms with Crippen LogP contribution in [0.1, 0.15) is 23.2 Å². The molecule has 1 N–H and O–H groups in total. The van der Waals surface area contributed by atoms with Gasteiger partial charge in [-0.2, -0.15) is 0 Å². The first-order valence-electron chi connectivity index (χ1n) is 7.00. The normalized spacial score (nSPS) is 16.4. The smallest absolute Gasteiger partial charge is 0.255 e. The largest absolute Gasteiger partial charge is 0.381 e. The first-order valence-corrected chi connectivity index (χ1v) is 7.00. The van der Waals surface area contributed by atoms with Crippen LogP contribution < -0.4 is 5.32 Å². The van der Waals surface area contributed by atoms with Crippen molar-refractivity contribution >= 4 is 16.8 Å². The first-order chi connectivity index (χ1) is 9.75. The quantitative estimate of drug-likeness (QED) is 0.926. The van der Waals surface area contributed by atoms with Gasteiger partial charge in [-0.25, -0.2) is 0 Å². The summed E-state index contributed by atoms with van der Waals surface area (Å²) in [5, 5.41) is 4.02. The summed E-state index contributed by atoms with van der Waals surface area (Å²) in [6, 6.07) is 1.97. The van der Waals surface area contributed by atoms with Gasteiger partial charge in [0.15, 0.2) is 0 Å². The fraction of sp³-hybridized carbons (Fsp3) is 0.467. The minimum Gasteiger partial charge on any atom is -0.381 e. The Balaban J connectivity index is 1.73. The molecule has 106 valence electrons. The van der Waals surface area contributed by atoms with Gasteiger partial charge in [0.1, 0.15) is 0 Å². The van der Waals surface area contributed by atoms with Crippen LogP contribution in [0, 0.1) is 5.92 Å². The van der Waals surface area contributed by atoms with Crippen molar-refractivity contribution in [3.05, 3.63) is 30.2 Å². The molecule has 1 aliphatic rings. The van der Waals surface area contributed by atoms with Crippen LogP contribution >= 0.6 is 0 Å². The van der Waals surface area contributed by atoms with Crippen LogP contribution in [0.5, 0.6) is 0 Å². The third kappa shape index (κ3) is 2.54. The Morgan fingerprint density at radius 2 is 2.25 bits per heavy atom. The van der Waals surface area contributed by atoms with E-state index in [0.29, 0.717) is 18.0 Å². The van der Waals surface area contributed by atoms with Crippen molar-refractivity contribution in [3.63, 3.8) is 0 Å². The molecule has 2 aromatic heterocycles. The number of amides is 1. The molecule has 0 spiro atoms. The number of pyridine rings is 1. The third-order valence-electron chi connectivity index (χ3n) is 3.91. The van der Waals surface area contributed by atoms with Crippen LogP contribution in [0.25, 0.3) is 10.9 Å². The van der Waals surface area contributed by atoms with E-state index in [0.717, 1.165) is 37.0 Å². The Morgan fingerprint density at radius 1 is 1.45 bits per heavy atom. The van der Waals surface area contributed by atoms with E-state index in [9.17, 15) is 4.79 Å². The van der Waals surface area contributed by atoms with Crippen molar-refractivity contribution in [1.82, 2.24) is 14.9 Å². The Hall–Kier alpha value is -1.88. The SMILES string of the molecule is Cn1ccc2cncc(C(=O)NCC3CCOCC3)c21. The van der Waals surface area contributed by atoms with Gasteiger partial charge in [0.05, 0.1) is 11.1 Å². The molecular formula is C15H19N3O2. The van der Waals surface area contributed by atoms with Gasteiger partial charge in [0.2, 0.25) is 0 Å². The zero-order valence-electron chi connectivity index (χ0n) is 11.6. The molecule has 0 aliphatic carbocycles. The predicted molar refractivity (Wildman–Crippen MR) is 76.6 cm³/mol. The highest BCUT2D eigenvalue weighted by atomic mass is 16.5. The standard InChI is InChI=1S/C15H19N3O2/c1-18-5-2-12-9-16-10-13(14(12)18)15(19)17-8-11-3-6-20-7-4-11/h2,5,9-11H,3-4,6-8H2,1H3,(H,17,19). The van der Waals surface area contributed by atoms with E-state index in [1.807, 2.05) is 23.9 Å². The summed E-state index contributed by atoms with van der Waals surface area (Å²) in [5.74, 6) is 0.477. The number of hydrogen-bond donors (Lipinski definition) is 1. The van der Waals surface area contributed by atoms with Crippen LogP contribution in [0.15, 0.2) is 24.7 Å². The average Bonchev–Trinajstić information content (AvgIpc) is 2.87. The molecular weight excluding hydrogens is 254 g/mol. The summed E-state index contributed by atoms with van der Waals surface area (Å²) in [7, 11) is 1.94. The number of nitrogens with zero attached hydrogens (tertiary/aromatic N) is 2. The van der Waals surface area contributed by atoms with Gasteiger partial charge < -0.3 is 14.6 Å². The minimum absolute atomic E-state index is 0.0450. The topological polar surface area (TPSA) is 56.2 Å². The van der Waals surface area contributed by atoms with Gasteiger partial charge in [0, 0.05) is 50.8 Å². The van der Waals surface area contributed by atoms with Crippen LogP contribution in [0.4, 0.5) is 0 Å². The number of carbonyl (C=O) groups excluding carboxylic acids is 1. The second kappa shape index (κ2) is 5.63. The predicted octanol–water partition coefficient (Wildman–Crippen LogP) is 1.73. The minimum atomic E-state index is -0.0450. The van der Waals surface area contributed by atoms with Crippen molar-refractivity contribution in [2.75, 3.05) is 19.8 Å². The van der Waals surface area contributed by atoms with Crippen molar-refractivity contribution in [3.8, 4) is 0 Å². The molecule has 2 aromatic rings. The lowest BCUT2D eigenvalue weighted by Gasteiger charge is -2.22. The van der Waals surface area contributed by atoms with E-state index >= 15 is 0 Å². The second-order valence-electron chi connectivity index (χ2n) is 5.32. The van der Waals surface area contributed by atoms with Crippen LogP contribution in [0.3, 0.4) is 0 Å². The molecule has 0 saturated carbocycles. The molecule has 0 unspecified atom stereocenters. The van der Waals surface area contributed by atoms with E-state index in [-0.39, 0.29) is 5.91 Å². The lowest BCUT2D eigenvalue weighted by Crippen LogP contribution is -2.32. The van der Waals surface area contributed by atoms with Crippen molar-refractivity contribution in [1.29, 1.82) is 0 Å². The molecule has 5 heteroatoms. The van der Waals surface area contributed by atoms with Gasteiger partial charge in [-0.15, -0.1) is 0 Å². The number of aromatic nitrogens is 2. The lowest BCUT2D eigenvalue weighted by atomic mass is 10.0. The first kappa shape index (κ1) is 13.1. The Morgan fingerprint density at radius 3 is 3.05 bits per heavy atom. The summed E-state index contributed by atoms with van der Waals surface area (Å²) in [6.07, 6.45) is 7.41. The van der Waals surface area contributed by atoms with Crippen molar-refractivity contribution < 1.29 is 9.53 Å². The highest BCUT2D eigenvalue weighted by molar-refractivity contribution is 6.05. The molecule has 0 aromatic carbocycles. The van der Waals surface area contributed by atoms with Crippen molar-refractivity contribution in [2.24, 2.45) is 13.0 Å². The van der Waals surface area contributed by atoms with Gasteiger partial charge in [0.25, 0.3) is 5.91 Å². The maximum absolute atomic E-state index is 12.4. The Bertz CT molecular complexity index is 615. The number of hydrogen-bond acceptors (Lipinski definition) is 3. The van der Waals surface area contributed by atoms with E-state index in [4.69, 9.17) is 4.74 Å². The molecule has 3 heterocycles. The fourth-order valence-electron chi connectivity index (χ4n) is 2.70. The number of rotatable bonds is 3. The third-order valence-corrected chi connectivity index (χ3v) is 3.91. The van der Waals surface area contributed by atoms with Crippen molar-refractivity contribution in [2.45, 2.75) is 12.8 Å². The summed E-state index contributed by atoms with van der Waals surface area (Å²) >= 11 is 0. The maximum Gasteiger partial charge on any atom is 0.255 e. The van der Waals surface area contributed by atoms with E-state index < -0.39 is 0 Å². The summed E-state index contributed by atoms with van der Waals surface area (Å²) in [4.78, 5) is 16.5. The molecule has 3 rings (SSSR count). The lowest BCUT2D eigenvalue weighted by molar-refractivity contribution is 0.0643. The highest BCUT2D eigenvalue weighted by Crippen LogP contribution is 2.18. The number of nitrogens with one attached hydrogen (secondary N) is 1. The molecule has 1 fully saturated rings. The summed E-state index contributed by atoms with van der Waals surface area (Å²) < 4.78 is 7.29. The molecule has 1 saturated heterocycles. The molecule has 20 heavy (non-hydrogen) atoms. The van der Waals surface area contributed by atoms with Crippen LogP contribution in [0.2, 0.25) is 0 Å². The molecule has 1 amide bonds. The van der Waals surface area contributed by atoms with E-state index in [2.05, 4.69) is 10.3 Å². The van der Waals surface area contributed by atoms with Crippen LogP contribution in [-0.4, -0.2) is 35.2 Å². The van der Waals surface area contributed by atoms with Gasteiger partial charge in [-0.1, -0.05) is 0 Å². The summed E-state index contributed by atoms with van der Waals surface area (Å²) in [5.41, 5.74) is 1.58. The number of fused-ring (bicyclic) bond motifs is 1. The maximum atomic E-state index is 12.4. The zero-order valence-corrected chi connectivity index (χ0v) is 11.6. The van der Waals surface area contributed by atoms with Crippen LogP contribution in [-0.2, 0) is 11.8 Å². The van der Waals surface area contributed by atoms with E-state index in [1.54, 1.807) is 12.4 Å². The molecule has 1 aliphatic heterocycles. The number of ether oxygens (including phenoxy) is 1. The molecule has 0 radical (unpaired) electrons. The van der Waals surface area contributed by atoms with Gasteiger partial charge >= 0.3 is 0 Å². The van der Waals surface area contributed by atoms with Gasteiger partial charge in [-0.05, 0) is 24.8 Å². The monoisotopic (exact) mass is 273 g/mol. The van der Waals surface area contributed by atoms with Gasteiger partial charge in [-0.3, -0.25) is 9.78 Å². The molecule has 5 nitrogen and oxygen atoms in total. The van der Waals surface area contributed by atoms with E-state index in [1.165, 1.54) is 0 Å². The number of carbonyl (C=O) groups is 1. The molecule has 0 atom stereocenters. The summed E-state index contributed by atoms with van der Waals surface area (Å²) in [6.45, 7) is 2.31. The second-order valence-corrected chi connectivity index (χ2v) is 5.32. The number of aryl methyl sites for hydroxylation is 1.